The highest BCUT2D eigenvalue weighted by molar-refractivity contribution is 7.92. The highest BCUT2D eigenvalue weighted by Gasteiger charge is 2.44. The van der Waals surface area contributed by atoms with E-state index in [0.717, 1.165) is 12.7 Å². The van der Waals surface area contributed by atoms with Crippen molar-refractivity contribution < 1.29 is 13.2 Å². The maximum Gasteiger partial charge on any atom is 0.229 e. The third-order valence-corrected chi connectivity index (χ3v) is 4.67. The van der Waals surface area contributed by atoms with Crippen LogP contribution in [0.2, 0.25) is 0 Å². The zero-order valence-electron chi connectivity index (χ0n) is 13.6. The summed E-state index contributed by atoms with van der Waals surface area (Å²) in [7, 11) is -3.40. The zero-order chi connectivity index (χ0) is 17.3. The van der Waals surface area contributed by atoms with Gasteiger partial charge in [0.25, 0.3) is 0 Å². The van der Waals surface area contributed by atoms with Gasteiger partial charge in [-0.2, -0.15) is 0 Å². The number of para-hydroxylation sites is 2. The largest absolute Gasteiger partial charge is 0.324 e. The summed E-state index contributed by atoms with van der Waals surface area (Å²) in [6.45, 7) is 2.04. The molecule has 6 heteroatoms. The summed E-state index contributed by atoms with van der Waals surface area (Å²) in [5, 5.41) is 2.84. The monoisotopic (exact) mass is 344 g/mol. The van der Waals surface area contributed by atoms with Gasteiger partial charge in [-0.25, -0.2) is 8.42 Å². The Morgan fingerprint density at radius 3 is 2.46 bits per heavy atom. The second-order valence-electron chi connectivity index (χ2n) is 6.27. The molecule has 0 aromatic heterocycles. The van der Waals surface area contributed by atoms with Crippen molar-refractivity contribution in [3.63, 3.8) is 0 Å². The number of anilines is 2. The molecular weight excluding hydrogens is 324 g/mol. The number of carbonyl (C=O) groups excluding carboxylic acids is 1. The van der Waals surface area contributed by atoms with E-state index in [1.807, 2.05) is 25.1 Å². The van der Waals surface area contributed by atoms with E-state index in [1.54, 1.807) is 24.3 Å². The van der Waals surface area contributed by atoms with Crippen LogP contribution in [-0.4, -0.2) is 20.6 Å². The molecule has 0 saturated heterocycles. The first-order chi connectivity index (χ1) is 11.3. The fourth-order valence-corrected chi connectivity index (χ4v) is 3.44. The molecule has 3 rings (SSSR count). The lowest BCUT2D eigenvalue weighted by atomic mass is 10.1. The van der Waals surface area contributed by atoms with Crippen molar-refractivity contribution in [2.24, 2.45) is 5.92 Å². The molecule has 1 saturated carbocycles. The van der Waals surface area contributed by atoms with E-state index in [9.17, 15) is 13.2 Å². The average molecular weight is 344 g/mol. The molecule has 2 N–H and O–H groups in total. The topological polar surface area (TPSA) is 75.3 Å². The maximum absolute atomic E-state index is 12.5. The molecule has 1 amide bonds. The lowest BCUT2D eigenvalue weighted by Gasteiger charge is -2.12. The van der Waals surface area contributed by atoms with Gasteiger partial charge in [-0.05, 0) is 37.0 Å². The Balaban J connectivity index is 1.71. The summed E-state index contributed by atoms with van der Waals surface area (Å²) in [6, 6.07) is 15.0. The highest BCUT2D eigenvalue weighted by Crippen LogP contribution is 2.48. The molecule has 0 bridgehead atoms. The molecule has 0 aliphatic heterocycles. The number of amides is 1. The van der Waals surface area contributed by atoms with Gasteiger partial charge in [0.05, 0.1) is 17.6 Å². The first-order valence-electron chi connectivity index (χ1n) is 7.78. The van der Waals surface area contributed by atoms with Gasteiger partial charge >= 0.3 is 0 Å². The minimum Gasteiger partial charge on any atom is -0.324 e. The molecule has 2 atom stereocenters. The second-order valence-corrected chi connectivity index (χ2v) is 8.02. The van der Waals surface area contributed by atoms with Crippen molar-refractivity contribution in [1.29, 1.82) is 0 Å². The molecule has 1 fully saturated rings. The van der Waals surface area contributed by atoms with Crippen LogP contribution in [-0.2, 0) is 14.8 Å². The number of benzene rings is 2. The van der Waals surface area contributed by atoms with Crippen molar-refractivity contribution >= 4 is 27.3 Å². The lowest BCUT2D eigenvalue weighted by molar-refractivity contribution is -0.117. The maximum atomic E-state index is 12.5. The van der Waals surface area contributed by atoms with Crippen molar-refractivity contribution in [3.8, 4) is 0 Å². The molecule has 0 unspecified atom stereocenters. The predicted octanol–water partition coefficient (Wildman–Crippen LogP) is 3.11. The molecule has 5 nitrogen and oxygen atoms in total. The van der Waals surface area contributed by atoms with Crippen LogP contribution >= 0.6 is 0 Å². The van der Waals surface area contributed by atoms with Crippen LogP contribution in [0.3, 0.4) is 0 Å². The van der Waals surface area contributed by atoms with E-state index in [1.165, 1.54) is 11.1 Å². The van der Waals surface area contributed by atoms with Gasteiger partial charge in [0, 0.05) is 5.92 Å². The van der Waals surface area contributed by atoms with Gasteiger partial charge in [-0.15, -0.1) is 0 Å². The number of carbonyl (C=O) groups is 1. The molecule has 24 heavy (non-hydrogen) atoms. The molecule has 1 aliphatic rings. The Hall–Kier alpha value is -2.34. The quantitative estimate of drug-likeness (QED) is 0.875. The van der Waals surface area contributed by atoms with Gasteiger partial charge in [0.15, 0.2) is 0 Å². The van der Waals surface area contributed by atoms with Crippen LogP contribution in [0, 0.1) is 12.8 Å². The van der Waals surface area contributed by atoms with Crippen LogP contribution in [0.25, 0.3) is 0 Å². The van der Waals surface area contributed by atoms with Gasteiger partial charge in [0.1, 0.15) is 0 Å². The minimum atomic E-state index is -3.40. The number of sulfonamides is 1. The first kappa shape index (κ1) is 16.5. The van der Waals surface area contributed by atoms with Crippen molar-refractivity contribution in [3.05, 3.63) is 59.7 Å². The van der Waals surface area contributed by atoms with Crippen LogP contribution in [0.4, 0.5) is 11.4 Å². The fraction of sp³-hybridized carbons (Fsp3) is 0.278. The first-order valence-corrected chi connectivity index (χ1v) is 9.67. The van der Waals surface area contributed by atoms with E-state index in [2.05, 4.69) is 16.1 Å². The third kappa shape index (κ3) is 3.94. The normalized spacial score (nSPS) is 19.6. The number of rotatable bonds is 5. The molecular formula is C18H20N2O3S. The summed E-state index contributed by atoms with van der Waals surface area (Å²) >= 11 is 0. The van der Waals surface area contributed by atoms with E-state index in [4.69, 9.17) is 0 Å². The number of hydrogen-bond acceptors (Lipinski definition) is 3. The summed E-state index contributed by atoms with van der Waals surface area (Å²) in [5.41, 5.74) is 3.21. The standard InChI is InChI=1S/C18H20N2O3S/c1-12-6-5-7-13(10-12)14-11-15(14)18(21)19-16-8-3-4-9-17(16)20-24(2,22)23/h3-10,14-15,20H,11H2,1-2H3,(H,19,21)/t14-,15+/m0/s1. The summed E-state index contributed by atoms with van der Waals surface area (Å²) in [5.74, 6) is 0.0854. The molecule has 2 aromatic rings. The lowest BCUT2D eigenvalue weighted by Crippen LogP contribution is -2.17. The molecule has 2 aromatic carbocycles. The molecule has 1 aliphatic carbocycles. The number of aryl methyl sites for hydroxylation is 1. The fourth-order valence-electron chi connectivity index (χ4n) is 2.86. The van der Waals surface area contributed by atoms with Crippen molar-refractivity contribution in [1.82, 2.24) is 0 Å². The van der Waals surface area contributed by atoms with E-state index in [-0.39, 0.29) is 17.7 Å². The Bertz CT molecular complexity index is 877. The Labute approximate surface area is 142 Å². The Morgan fingerprint density at radius 1 is 1.08 bits per heavy atom. The van der Waals surface area contributed by atoms with Crippen LogP contribution in [0.5, 0.6) is 0 Å². The second kappa shape index (κ2) is 6.28. The average Bonchev–Trinajstić information content (AvgIpc) is 3.28. The van der Waals surface area contributed by atoms with Gasteiger partial charge in [-0.3, -0.25) is 9.52 Å². The molecule has 0 heterocycles. The molecule has 0 spiro atoms. The van der Waals surface area contributed by atoms with Crippen molar-refractivity contribution in [2.75, 3.05) is 16.3 Å². The van der Waals surface area contributed by atoms with Crippen LogP contribution in [0.1, 0.15) is 23.5 Å². The van der Waals surface area contributed by atoms with Crippen LogP contribution < -0.4 is 10.0 Å². The van der Waals surface area contributed by atoms with E-state index < -0.39 is 10.0 Å². The Kier molecular flexibility index (Phi) is 4.32. The third-order valence-electron chi connectivity index (χ3n) is 4.08. The van der Waals surface area contributed by atoms with Gasteiger partial charge in [0.2, 0.25) is 15.9 Å². The van der Waals surface area contributed by atoms with Gasteiger partial charge in [-0.1, -0.05) is 42.0 Å². The molecule has 0 radical (unpaired) electrons. The van der Waals surface area contributed by atoms with Gasteiger partial charge < -0.3 is 5.32 Å². The smallest absolute Gasteiger partial charge is 0.229 e. The minimum absolute atomic E-state index is 0.0712. The summed E-state index contributed by atoms with van der Waals surface area (Å²) in [4.78, 5) is 12.5. The SMILES string of the molecule is Cc1cccc([C@@H]2C[C@H]2C(=O)Nc2ccccc2NS(C)(=O)=O)c1. The number of hydrogen-bond donors (Lipinski definition) is 2. The van der Waals surface area contributed by atoms with Crippen molar-refractivity contribution in [2.45, 2.75) is 19.3 Å². The summed E-state index contributed by atoms with van der Waals surface area (Å²) < 4.78 is 25.3. The van der Waals surface area contributed by atoms with E-state index in [0.29, 0.717) is 11.4 Å². The Morgan fingerprint density at radius 2 is 1.79 bits per heavy atom. The predicted molar refractivity (Wildman–Crippen MR) is 95.6 cm³/mol. The van der Waals surface area contributed by atoms with Crippen LogP contribution in [0.15, 0.2) is 48.5 Å². The molecule has 126 valence electrons. The zero-order valence-corrected chi connectivity index (χ0v) is 14.4. The number of nitrogens with one attached hydrogen (secondary N) is 2. The van der Waals surface area contributed by atoms with E-state index >= 15 is 0 Å². The highest BCUT2D eigenvalue weighted by atomic mass is 32.2. The summed E-state index contributed by atoms with van der Waals surface area (Å²) in [6.07, 6.45) is 1.90.